The summed E-state index contributed by atoms with van der Waals surface area (Å²) in [5.41, 5.74) is 6.98. The number of rotatable bonds is 2. The van der Waals surface area contributed by atoms with Crippen molar-refractivity contribution < 1.29 is 5.21 Å². The smallest absolute Gasteiger partial charge is 0.0891 e. The molecule has 0 spiro atoms. The number of nitrogens with zero attached hydrogens (tertiary/aromatic N) is 2. The van der Waals surface area contributed by atoms with Gasteiger partial charge in [0, 0.05) is 16.7 Å². The van der Waals surface area contributed by atoms with Crippen LogP contribution in [0.25, 0.3) is 22.4 Å². The lowest BCUT2D eigenvalue weighted by Crippen LogP contribution is -2.28. The Morgan fingerprint density at radius 1 is 0.846 bits per heavy atom. The van der Waals surface area contributed by atoms with Crippen LogP contribution < -0.4 is 0 Å². The number of oxime groups is 1. The van der Waals surface area contributed by atoms with Crippen molar-refractivity contribution in [1.29, 1.82) is 0 Å². The number of pyridine rings is 1. The predicted octanol–water partition coefficient (Wildman–Crippen LogP) is 5.57. The number of hydrogen-bond acceptors (Lipinski definition) is 3. The highest BCUT2D eigenvalue weighted by Gasteiger charge is 2.32. The van der Waals surface area contributed by atoms with Gasteiger partial charge >= 0.3 is 0 Å². The molecule has 4 rings (SSSR count). The largest absolute Gasteiger partial charge is 0.411 e. The van der Waals surface area contributed by atoms with Gasteiger partial charge in [0.15, 0.2) is 0 Å². The van der Waals surface area contributed by atoms with Crippen molar-refractivity contribution >= 4 is 5.71 Å². The van der Waals surface area contributed by atoms with Crippen LogP contribution in [0.15, 0.2) is 71.9 Å². The molecular formula is C23H22N2O. The van der Waals surface area contributed by atoms with Gasteiger partial charge in [0.25, 0.3) is 0 Å². The normalized spacial score (nSPS) is 17.1. The van der Waals surface area contributed by atoms with Crippen LogP contribution in [0.2, 0.25) is 0 Å². The molecule has 1 heterocycles. The lowest BCUT2D eigenvalue weighted by Gasteiger charge is -2.31. The zero-order valence-electron chi connectivity index (χ0n) is 15.1. The molecule has 0 unspecified atom stereocenters. The summed E-state index contributed by atoms with van der Waals surface area (Å²) >= 11 is 0. The molecule has 1 aliphatic carbocycles. The molecule has 0 saturated carbocycles. The minimum absolute atomic E-state index is 0.0315. The molecule has 0 fully saturated rings. The summed E-state index contributed by atoms with van der Waals surface area (Å²) in [6.45, 7) is 4.38. The van der Waals surface area contributed by atoms with Crippen molar-refractivity contribution in [1.82, 2.24) is 4.98 Å². The van der Waals surface area contributed by atoms with Gasteiger partial charge in [-0.05, 0) is 29.9 Å². The van der Waals surface area contributed by atoms with E-state index in [9.17, 15) is 5.21 Å². The highest BCUT2D eigenvalue weighted by atomic mass is 16.4. The Kier molecular flexibility index (Phi) is 4.08. The van der Waals surface area contributed by atoms with Crippen molar-refractivity contribution in [3.05, 3.63) is 78.0 Å². The van der Waals surface area contributed by atoms with Crippen LogP contribution in [-0.4, -0.2) is 15.9 Å². The Balaban J connectivity index is 1.99. The summed E-state index contributed by atoms with van der Waals surface area (Å²) in [6, 6.07) is 22.7. The second-order valence-corrected chi connectivity index (χ2v) is 7.68. The molecule has 0 bridgehead atoms. The Morgan fingerprint density at radius 3 is 2.08 bits per heavy atom. The molecule has 1 aliphatic rings. The van der Waals surface area contributed by atoms with E-state index in [2.05, 4.69) is 49.3 Å². The van der Waals surface area contributed by atoms with Gasteiger partial charge in [-0.2, -0.15) is 0 Å². The van der Waals surface area contributed by atoms with E-state index in [1.807, 2.05) is 36.4 Å². The molecule has 26 heavy (non-hydrogen) atoms. The number of hydrogen-bond donors (Lipinski definition) is 1. The lowest BCUT2D eigenvalue weighted by molar-refractivity contribution is 0.306. The Bertz CT molecular complexity index is 960. The van der Waals surface area contributed by atoms with E-state index in [-0.39, 0.29) is 5.41 Å². The summed E-state index contributed by atoms with van der Waals surface area (Å²) < 4.78 is 0. The van der Waals surface area contributed by atoms with Crippen molar-refractivity contribution in [2.45, 2.75) is 26.7 Å². The van der Waals surface area contributed by atoms with E-state index in [0.29, 0.717) is 0 Å². The quantitative estimate of drug-likeness (QED) is 0.489. The minimum Gasteiger partial charge on any atom is -0.411 e. The van der Waals surface area contributed by atoms with Crippen molar-refractivity contribution in [2.75, 3.05) is 0 Å². The summed E-state index contributed by atoms with van der Waals surface area (Å²) in [5.74, 6) is 0. The molecule has 3 aromatic rings. The van der Waals surface area contributed by atoms with Crippen LogP contribution in [0.4, 0.5) is 0 Å². The van der Waals surface area contributed by atoms with Crippen LogP contribution in [0.1, 0.15) is 31.5 Å². The van der Waals surface area contributed by atoms with Gasteiger partial charge in [-0.25, -0.2) is 0 Å². The van der Waals surface area contributed by atoms with Crippen LogP contribution in [0.3, 0.4) is 0 Å². The Morgan fingerprint density at radius 2 is 1.46 bits per heavy atom. The second kappa shape index (κ2) is 6.41. The summed E-state index contributed by atoms with van der Waals surface area (Å²) in [4.78, 5) is 5.06. The molecule has 0 aliphatic heterocycles. The number of fused-ring (bicyclic) bond motifs is 1. The Hall–Kier alpha value is -2.94. The van der Waals surface area contributed by atoms with E-state index < -0.39 is 0 Å². The summed E-state index contributed by atoms with van der Waals surface area (Å²) in [6.07, 6.45) is 1.62. The molecule has 0 saturated heterocycles. The van der Waals surface area contributed by atoms with Gasteiger partial charge in [-0.15, -0.1) is 0 Å². The zero-order valence-corrected chi connectivity index (χ0v) is 15.1. The van der Waals surface area contributed by atoms with E-state index in [1.165, 1.54) is 0 Å². The molecule has 1 aromatic heterocycles. The van der Waals surface area contributed by atoms with Crippen LogP contribution in [0, 0.1) is 5.41 Å². The average molecular weight is 342 g/mol. The minimum atomic E-state index is 0.0315. The van der Waals surface area contributed by atoms with Gasteiger partial charge in [0.1, 0.15) is 0 Å². The van der Waals surface area contributed by atoms with E-state index in [4.69, 9.17) is 4.98 Å². The molecule has 1 N–H and O–H groups in total. The van der Waals surface area contributed by atoms with Gasteiger partial charge in [0.2, 0.25) is 0 Å². The number of aromatic nitrogens is 1. The van der Waals surface area contributed by atoms with E-state index in [1.54, 1.807) is 0 Å². The van der Waals surface area contributed by atoms with Crippen LogP contribution >= 0.6 is 0 Å². The van der Waals surface area contributed by atoms with Gasteiger partial charge < -0.3 is 5.21 Å². The molecule has 3 heteroatoms. The molecule has 2 aromatic carbocycles. The zero-order chi connectivity index (χ0) is 18.1. The SMILES string of the molecule is CC1(C)C/C(=N/O)c2cc(-c3ccccc3)c(-c3ccccc3)nc2C1. The van der Waals surface area contributed by atoms with Crippen LogP contribution in [0.5, 0.6) is 0 Å². The first-order valence-corrected chi connectivity index (χ1v) is 8.93. The maximum atomic E-state index is 9.58. The first-order chi connectivity index (χ1) is 12.6. The third-order valence-corrected chi connectivity index (χ3v) is 4.96. The average Bonchev–Trinajstić information content (AvgIpc) is 2.67. The van der Waals surface area contributed by atoms with Crippen molar-refractivity contribution in [3.63, 3.8) is 0 Å². The third kappa shape index (κ3) is 3.01. The molecule has 130 valence electrons. The van der Waals surface area contributed by atoms with Gasteiger partial charge in [-0.3, -0.25) is 4.98 Å². The standard InChI is InChI=1S/C23H22N2O/c1-23(2)14-20-19(21(15-23)25-26)13-18(16-9-5-3-6-10-16)22(24-20)17-11-7-4-8-12-17/h3-13,26H,14-15H2,1-2H3/b25-21-. The summed E-state index contributed by atoms with van der Waals surface area (Å²) in [7, 11) is 0. The molecule has 0 atom stereocenters. The monoisotopic (exact) mass is 342 g/mol. The first-order valence-electron chi connectivity index (χ1n) is 8.93. The van der Waals surface area contributed by atoms with Crippen LogP contribution in [-0.2, 0) is 6.42 Å². The summed E-state index contributed by atoms with van der Waals surface area (Å²) in [5, 5.41) is 13.2. The number of benzene rings is 2. The topological polar surface area (TPSA) is 45.5 Å². The fourth-order valence-corrected chi connectivity index (χ4v) is 3.74. The van der Waals surface area contributed by atoms with Crippen molar-refractivity contribution in [3.8, 4) is 22.4 Å². The molecule has 0 amide bonds. The fraction of sp³-hybridized carbons (Fsp3) is 0.217. The maximum Gasteiger partial charge on any atom is 0.0891 e. The third-order valence-electron chi connectivity index (χ3n) is 4.96. The molecule has 0 radical (unpaired) electrons. The second-order valence-electron chi connectivity index (χ2n) is 7.68. The lowest BCUT2D eigenvalue weighted by atomic mass is 9.74. The van der Waals surface area contributed by atoms with Crippen molar-refractivity contribution in [2.24, 2.45) is 10.6 Å². The van der Waals surface area contributed by atoms with Gasteiger partial charge in [0.05, 0.1) is 17.1 Å². The van der Waals surface area contributed by atoms with E-state index >= 15 is 0 Å². The fourth-order valence-electron chi connectivity index (χ4n) is 3.74. The maximum absolute atomic E-state index is 9.58. The molecule has 3 nitrogen and oxygen atoms in total. The molecular weight excluding hydrogens is 320 g/mol. The highest BCUT2D eigenvalue weighted by molar-refractivity contribution is 6.04. The van der Waals surface area contributed by atoms with Gasteiger partial charge in [-0.1, -0.05) is 79.7 Å². The first kappa shape index (κ1) is 16.5. The van der Waals surface area contributed by atoms with E-state index in [0.717, 1.165) is 52.2 Å². The Labute approximate surface area is 154 Å². The predicted molar refractivity (Wildman–Crippen MR) is 106 cm³/mol. The highest BCUT2D eigenvalue weighted by Crippen LogP contribution is 2.39.